The Labute approximate surface area is 163 Å². The third-order valence-corrected chi connectivity index (χ3v) is 4.98. The third kappa shape index (κ3) is 4.11. The molecule has 7 nitrogen and oxygen atoms in total. The van der Waals surface area contributed by atoms with Crippen LogP contribution in [-0.2, 0) is 0 Å². The molecule has 0 aromatic heterocycles. The molecule has 142 valence electrons. The van der Waals surface area contributed by atoms with Crippen LogP contribution in [0.4, 0.5) is 11.4 Å². The molecule has 1 atom stereocenters. The fourth-order valence-corrected chi connectivity index (χ4v) is 3.63. The molecule has 0 bridgehead atoms. The molecular formula is C19H21N3O4S. The van der Waals surface area contributed by atoms with Crippen molar-refractivity contribution in [2.24, 2.45) is 0 Å². The minimum absolute atomic E-state index is 0.0478. The Balaban J connectivity index is 1.79. The van der Waals surface area contributed by atoms with Crippen LogP contribution in [0, 0.1) is 10.1 Å². The molecule has 0 radical (unpaired) electrons. The molecule has 0 amide bonds. The summed E-state index contributed by atoms with van der Waals surface area (Å²) >= 11 is 5.61. The molecule has 2 aromatic rings. The Bertz CT molecular complexity index is 841. The summed E-state index contributed by atoms with van der Waals surface area (Å²) in [5.74, 6) is 1.57. The second kappa shape index (κ2) is 8.22. The Morgan fingerprint density at radius 2 is 1.96 bits per heavy atom. The average Bonchev–Trinajstić information content (AvgIpc) is 3.17. The van der Waals surface area contributed by atoms with Gasteiger partial charge in [0.25, 0.3) is 5.69 Å². The first-order chi connectivity index (χ1) is 13.0. The van der Waals surface area contributed by atoms with Gasteiger partial charge in [-0.1, -0.05) is 0 Å². The number of non-ortho nitro benzene ring substituents is 1. The third-order valence-electron chi connectivity index (χ3n) is 4.64. The number of hydrogen-bond donors (Lipinski definition) is 1. The number of hydrogen-bond acceptors (Lipinski definition) is 5. The molecule has 0 saturated carbocycles. The number of benzene rings is 2. The van der Waals surface area contributed by atoms with E-state index in [1.807, 2.05) is 18.2 Å². The van der Waals surface area contributed by atoms with Crippen molar-refractivity contribution in [3.8, 4) is 11.5 Å². The van der Waals surface area contributed by atoms with Crippen molar-refractivity contribution in [2.75, 3.05) is 26.1 Å². The smallest absolute Gasteiger partial charge is 0.269 e. The van der Waals surface area contributed by atoms with Crippen LogP contribution >= 0.6 is 12.2 Å². The van der Waals surface area contributed by atoms with E-state index in [0.29, 0.717) is 10.8 Å². The molecule has 1 saturated heterocycles. The standard InChI is InChI=1S/C19H21N3O4S/c1-25-15-9-10-18(26-2)16(12-15)17-4-3-11-21(17)19(27)20-13-5-7-14(8-6-13)22(23)24/h5-10,12,17H,3-4,11H2,1-2H3,(H,20,27)/t17-/m1/s1. The monoisotopic (exact) mass is 387 g/mol. The number of anilines is 1. The van der Waals surface area contributed by atoms with Gasteiger partial charge in [-0.05, 0) is 55.4 Å². The maximum atomic E-state index is 10.8. The van der Waals surface area contributed by atoms with E-state index >= 15 is 0 Å². The normalized spacial score (nSPS) is 16.1. The fourth-order valence-electron chi connectivity index (χ4n) is 3.29. The van der Waals surface area contributed by atoms with E-state index in [9.17, 15) is 10.1 Å². The Kier molecular flexibility index (Phi) is 5.75. The van der Waals surface area contributed by atoms with Crippen molar-refractivity contribution in [2.45, 2.75) is 18.9 Å². The lowest BCUT2D eigenvalue weighted by molar-refractivity contribution is -0.384. The van der Waals surface area contributed by atoms with Crippen molar-refractivity contribution in [1.29, 1.82) is 0 Å². The molecule has 2 aromatic carbocycles. The number of nitrogens with one attached hydrogen (secondary N) is 1. The van der Waals surface area contributed by atoms with Crippen LogP contribution in [-0.4, -0.2) is 35.7 Å². The number of methoxy groups -OCH3 is 2. The van der Waals surface area contributed by atoms with Gasteiger partial charge in [0.15, 0.2) is 5.11 Å². The molecule has 1 fully saturated rings. The second-order valence-electron chi connectivity index (χ2n) is 6.19. The molecule has 1 N–H and O–H groups in total. The quantitative estimate of drug-likeness (QED) is 0.469. The van der Waals surface area contributed by atoms with Gasteiger partial charge in [-0.15, -0.1) is 0 Å². The Morgan fingerprint density at radius 3 is 2.59 bits per heavy atom. The second-order valence-corrected chi connectivity index (χ2v) is 6.58. The minimum Gasteiger partial charge on any atom is -0.497 e. The van der Waals surface area contributed by atoms with Crippen LogP contribution < -0.4 is 14.8 Å². The highest BCUT2D eigenvalue weighted by atomic mass is 32.1. The number of thiocarbonyl (C=S) groups is 1. The molecule has 8 heteroatoms. The van der Waals surface area contributed by atoms with E-state index in [4.69, 9.17) is 21.7 Å². The van der Waals surface area contributed by atoms with Gasteiger partial charge in [0.1, 0.15) is 11.5 Å². The highest BCUT2D eigenvalue weighted by Crippen LogP contribution is 2.39. The van der Waals surface area contributed by atoms with Crippen molar-refractivity contribution in [3.63, 3.8) is 0 Å². The van der Waals surface area contributed by atoms with Gasteiger partial charge in [-0.25, -0.2) is 0 Å². The van der Waals surface area contributed by atoms with Crippen molar-refractivity contribution in [3.05, 3.63) is 58.1 Å². The maximum absolute atomic E-state index is 10.8. The van der Waals surface area contributed by atoms with Crippen LogP contribution in [0.2, 0.25) is 0 Å². The van der Waals surface area contributed by atoms with Crippen molar-refractivity contribution >= 4 is 28.7 Å². The molecule has 0 spiro atoms. The SMILES string of the molecule is COc1ccc(OC)c([C@H]2CCCN2C(=S)Nc2ccc([N+](=O)[O-])cc2)c1. The van der Waals surface area contributed by atoms with Gasteiger partial charge in [-0.3, -0.25) is 10.1 Å². The first kappa shape index (κ1) is 18.9. The molecular weight excluding hydrogens is 366 g/mol. The van der Waals surface area contributed by atoms with Gasteiger partial charge < -0.3 is 19.7 Å². The van der Waals surface area contributed by atoms with Crippen LogP contribution in [0.3, 0.4) is 0 Å². The largest absolute Gasteiger partial charge is 0.497 e. The molecule has 1 aliphatic rings. The van der Waals surface area contributed by atoms with Gasteiger partial charge >= 0.3 is 0 Å². The zero-order valence-corrected chi connectivity index (χ0v) is 16.0. The summed E-state index contributed by atoms with van der Waals surface area (Å²) < 4.78 is 10.9. The molecule has 1 aliphatic heterocycles. The van der Waals surface area contributed by atoms with Crippen LogP contribution in [0.25, 0.3) is 0 Å². The summed E-state index contributed by atoms with van der Waals surface area (Å²) in [5.41, 5.74) is 1.79. The summed E-state index contributed by atoms with van der Waals surface area (Å²) in [4.78, 5) is 12.5. The lowest BCUT2D eigenvalue weighted by atomic mass is 10.0. The number of rotatable bonds is 5. The van der Waals surface area contributed by atoms with E-state index in [0.717, 1.165) is 36.4 Å². The van der Waals surface area contributed by atoms with E-state index < -0.39 is 4.92 Å². The van der Waals surface area contributed by atoms with E-state index in [2.05, 4.69) is 10.2 Å². The summed E-state index contributed by atoms with van der Waals surface area (Å²) in [6.07, 6.45) is 1.96. The number of ether oxygens (including phenoxy) is 2. The van der Waals surface area contributed by atoms with Gasteiger partial charge in [-0.2, -0.15) is 0 Å². The van der Waals surface area contributed by atoms with Gasteiger partial charge in [0.05, 0.1) is 25.2 Å². The number of likely N-dealkylation sites (tertiary alicyclic amines) is 1. The molecule has 0 aliphatic carbocycles. The van der Waals surface area contributed by atoms with Crippen LogP contribution in [0.15, 0.2) is 42.5 Å². The molecule has 3 rings (SSSR count). The lowest BCUT2D eigenvalue weighted by Gasteiger charge is -2.29. The van der Waals surface area contributed by atoms with Crippen molar-refractivity contribution < 1.29 is 14.4 Å². The van der Waals surface area contributed by atoms with Gasteiger partial charge in [0.2, 0.25) is 0 Å². The molecule has 0 unspecified atom stereocenters. The first-order valence-electron chi connectivity index (χ1n) is 8.57. The Morgan fingerprint density at radius 1 is 1.22 bits per heavy atom. The topological polar surface area (TPSA) is 76.9 Å². The maximum Gasteiger partial charge on any atom is 0.269 e. The molecule has 27 heavy (non-hydrogen) atoms. The summed E-state index contributed by atoms with van der Waals surface area (Å²) in [6.45, 7) is 0.823. The number of nitrogens with zero attached hydrogens (tertiary/aromatic N) is 2. The summed E-state index contributed by atoms with van der Waals surface area (Å²) in [7, 11) is 3.29. The van der Waals surface area contributed by atoms with Crippen molar-refractivity contribution in [1.82, 2.24) is 4.90 Å². The highest BCUT2D eigenvalue weighted by molar-refractivity contribution is 7.80. The first-order valence-corrected chi connectivity index (χ1v) is 8.98. The van der Waals surface area contributed by atoms with Crippen LogP contribution in [0.1, 0.15) is 24.4 Å². The van der Waals surface area contributed by atoms with E-state index in [1.165, 1.54) is 12.1 Å². The highest BCUT2D eigenvalue weighted by Gasteiger charge is 2.30. The Hall–Kier alpha value is -2.87. The number of nitro benzene ring substituents is 1. The minimum atomic E-state index is -0.423. The zero-order chi connectivity index (χ0) is 19.4. The zero-order valence-electron chi connectivity index (χ0n) is 15.2. The average molecular weight is 387 g/mol. The predicted molar refractivity (Wildman–Crippen MR) is 108 cm³/mol. The van der Waals surface area contributed by atoms with Crippen LogP contribution in [0.5, 0.6) is 11.5 Å². The molecule has 1 heterocycles. The van der Waals surface area contributed by atoms with E-state index in [-0.39, 0.29) is 11.7 Å². The lowest BCUT2D eigenvalue weighted by Crippen LogP contribution is -2.34. The predicted octanol–water partition coefficient (Wildman–Crippen LogP) is 4.15. The van der Waals surface area contributed by atoms with Gasteiger partial charge in [0, 0.05) is 29.9 Å². The van der Waals surface area contributed by atoms with E-state index in [1.54, 1.807) is 26.4 Å². The number of nitro groups is 1. The fraction of sp³-hybridized carbons (Fsp3) is 0.316. The summed E-state index contributed by atoms with van der Waals surface area (Å²) in [6, 6.07) is 12.1. The summed E-state index contributed by atoms with van der Waals surface area (Å²) in [5, 5.41) is 14.5.